The zero-order chi connectivity index (χ0) is 19.1. The fraction of sp³-hybridized carbons (Fsp3) is 0.250. The number of amides is 2. The zero-order valence-electron chi connectivity index (χ0n) is 14.1. The van der Waals surface area contributed by atoms with Crippen LogP contribution in [0.3, 0.4) is 0 Å². The number of anilines is 2. The zero-order valence-corrected chi connectivity index (χ0v) is 14.9. The Balaban J connectivity index is 2.37. The molecule has 2 aromatic rings. The summed E-state index contributed by atoms with van der Waals surface area (Å²) in [7, 11) is 0. The maximum Gasteiger partial charge on any atom is 0.345 e. The summed E-state index contributed by atoms with van der Waals surface area (Å²) in [5, 5.41) is 8.39. The van der Waals surface area contributed by atoms with Gasteiger partial charge in [-0.25, -0.2) is 9.78 Å². The highest BCUT2D eigenvalue weighted by Crippen LogP contribution is 2.29. The Bertz CT molecular complexity index is 849. The first-order chi connectivity index (χ1) is 12.4. The summed E-state index contributed by atoms with van der Waals surface area (Å²) in [5.74, 6) is -1.48. The fourth-order valence-electron chi connectivity index (χ4n) is 2.11. The Morgan fingerprint density at radius 2 is 2.04 bits per heavy atom. The van der Waals surface area contributed by atoms with Crippen LogP contribution in [0.1, 0.15) is 37.0 Å². The molecular formula is C16H17N4O5S+. The van der Waals surface area contributed by atoms with Crippen LogP contribution in [-0.4, -0.2) is 17.8 Å². The molecule has 3 N–H and O–H groups in total. The number of carbonyl (C=O) groups is 3. The Labute approximate surface area is 152 Å². The molecule has 0 fully saturated rings. The molecule has 0 saturated heterocycles. The van der Waals surface area contributed by atoms with Crippen molar-refractivity contribution in [1.29, 1.82) is 0 Å². The van der Waals surface area contributed by atoms with E-state index < -0.39 is 11.9 Å². The van der Waals surface area contributed by atoms with Crippen molar-refractivity contribution in [2.24, 2.45) is 5.18 Å². The topological polar surface area (TPSA) is 128 Å². The number of aromatic nitrogens is 1. The Morgan fingerprint density at radius 3 is 2.65 bits per heavy atom. The predicted molar refractivity (Wildman–Crippen MR) is 95.6 cm³/mol. The van der Waals surface area contributed by atoms with Gasteiger partial charge in [0, 0.05) is 13.3 Å². The number of rotatable bonds is 7. The van der Waals surface area contributed by atoms with Gasteiger partial charge in [0.2, 0.25) is 10.9 Å². The van der Waals surface area contributed by atoms with Gasteiger partial charge in [-0.1, -0.05) is 13.0 Å². The molecule has 0 unspecified atom stereocenters. The van der Waals surface area contributed by atoms with Crippen molar-refractivity contribution in [1.82, 2.24) is 0 Å². The van der Waals surface area contributed by atoms with Crippen molar-refractivity contribution in [2.45, 2.75) is 26.7 Å². The minimum absolute atomic E-state index is 0.00503. The van der Waals surface area contributed by atoms with E-state index in [-0.39, 0.29) is 39.5 Å². The van der Waals surface area contributed by atoms with Crippen molar-refractivity contribution < 1.29 is 24.1 Å². The molecule has 10 heteroatoms. The third-order valence-electron chi connectivity index (χ3n) is 3.11. The highest BCUT2D eigenvalue weighted by molar-refractivity contribution is 7.18. The quantitative estimate of drug-likeness (QED) is 0.435. The number of benzene rings is 1. The molecule has 0 aliphatic heterocycles. The minimum Gasteiger partial charge on any atom is -0.426 e. The molecule has 2 amide bonds. The van der Waals surface area contributed by atoms with E-state index in [0.29, 0.717) is 6.42 Å². The largest absolute Gasteiger partial charge is 0.426 e. The first-order valence-corrected chi connectivity index (χ1v) is 8.53. The number of nitrogens with one attached hydrogen (secondary N) is 3. The molecule has 136 valence electrons. The Kier molecular flexibility index (Phi) is 6.50. The summed E-state index contributed by atoms with van der Waals surface area (Å²) in [6.45, 7) is 3.06. The van der Waals surface area contributed by atoms with E-state index in [9.17, 15) is 19.3 Å². The van der Waals surface area contributed by atoms with Gasteiger partial charge in [0.25, 0.3) is 0 Å². The number of nitrogens with zero attached hydrogens (tertiary/aromatic N) is 1. The number of hydrogen-bond donors (Lipinski definition) is 2. The van der Waals surface area contributed by atoms with Crippen LogP contribution in [0.2, 0.25) is 0 Å². The summed E-state index contributed by atoms with van der Waals surface area (Å²) in [4.78, 5) is 49.2. The maximum absolute atomic E-state index is 12.7. The summed E-state index contributed by atoms with van der Waals surface area (Å²) in [6.07, 6.45) is 2.27. The average molecular weight is 377 g/mol. The van der Waals surface area contributed by atoms with E-state index in [0.717, 1.165) is 11.3 Å². The van der Waals surface area contributed by atoms with E-state index in [1.807, 2.05) is 6.92 Å². The van der Waals surface area contributed by atoms with Crippen LogP contribution >= 0.6 is 11.3 Å². The summed E-state index contributed by atoms with van der Waals surface area (Å²) in [6, 6.07) is 4.54. The number of thiazole rings is 1. The maximum atomic E-state index is 12.7. The number of ether oxygens (including phenoxy) is 1. The van der Waals surface area contributed by atoms with Gasteiger partial charge in [0.1, 0.15) is 17.5 Å². The van der Waals surface area contributed by atoms with Gasteiger partial charge in [-0.15, -0.1) is 4.91 Å². The van der Waals surface area contributed by atoms with E-state index in [4.69, 9.17) is 4.74 Å². The second-order valence-corrected chi connectivity index (χ2v) is 6.20. The average Bonchev–Trinajstić information content (AvgIpc) is 3.02. The van der Waals surface area contributed by atoms with Crippen molar-refractivity contribution >= 4 is 44.9 Å². The molecule has 1 heterocycles. The third-order valence-corrected chi connectivity index (χ3v) is 3.93. The van der Waals surface area contributed by atoms with E-state index in [2.05, 4.69) is 20.8 Å². The van der Waals surface area contributed by atoms with E-state index >= 15 is 0 Å². The van der Waals surface area contributed by atoms with Crippen LogP contribution in [0.5, 0.6) is 5.75 Å². The first-order valence-electron chi connectivity index (χ1n) is 7.72. The van der Waals surface area contributed by atoms with Crippen LogP contribution in [-0.2, 0) is 9.59 Å². The van der Waals surface area contributed by atoms with E-state index in [1.54, 1.807) is 6.07 Å². The van der Waals surface area contributed by atoms with E-state index in [1.165, 1.54) is 25.3 Å². The first kappa shape index (κ1) is 19.2. The van der Waals surface area contributed by atoms with Crippen molar-refractivity contribution in [3.05, 3.63) is 34.9 Å². The summed E-state index contributed by atoms with van der Waals surface area (Å²) >= 11 is 0.942. The van der Waals surface area contributed by atoms with Gasteiger partial charge < -0.3 is 10.1 Å². The molecule has 0 bridgehead atoms. The molecule has 1 aromatic carbocycles. The second kappa shape index (κ2) is 8.81. The molecule has 9 nitrogen and oxygen atoms in total. The number of carbonyl (C=O) groups excluding carboxylic acids is 3. The van der Waals surface area contributed by atoms with Crippen LogP contribution in [0.25, 0.3) is 0 Å². The molecule has 2 rings (SSSR count). The minimum atomic E-state index is -0.621. The molecule has 26 heavy (non-hydrogen) atoms. The van der Waals surface area contributed by atoms with Crippen LogP contribution in [0.4, 0.5) is 15.8 Å². The van der Waals surface area contributed by atoms with Crippen molar-refractivity contribution in [3.63, 3.8) is 0 Å². The van der Waals surface area contributed by atoms with Gasteiger partial charge in [0.05, 0.1) is 5.69 Å². The lowest BCUT2D eigenvalue weighted by Crippen LogP contribution is -2.21. The number of H-pyrrole nitrogens is 1. The lowest BCUT2D eigenvalue weighted by atomic mass is 10.1. The number of nitroso groups, excluding NO2 is 1. The van der Waals surface area contributed by atoms with Gasteiger partial charge in [0.15, 0.2) is 0 Å². The smallest absolute Gasteiger partial charge is 0.345 e. The molecule has 0 aliphatic carbocycles. The molecule has 0 spiro atoms. The molecular weight excluding hydrogens is 360 g/mol. The van der Waals surface area contributed by atoms with Gasteiger partial charge >= 0.3 is 17.0 Å². The van der Waals surface area contributed by atoms with Gasteiger partial charge in [-0.2, -0.15) is 5.32 Å². The van der Waals surface area contributed by atoms with Crippen LogP contribution in [0.15, 0.2) is 29.6 Å². The fourth-order valence-corrected chi connectivity index (χ4v) is 2.74. The van der Waals surface area contributed by atoms with Gasteiger partial charge in [-0.05, 0) is 35.1 Å². The summed E-state index contributed by atoms with van der Waals surface area (Å²) < 4.78 is 5.09. The standard InChI is InChI=1S/C16H16N4O5S/c1-3-5-12(22)18-10-6-4-7-11(25-9(2)21)14(10)15(23)19-16-17-8-13(20-24)26-16/h4,6-8H,3,5H2,1-2H3,(H,18,22)(H,17,19,23)/p+1. The molecule has 0 saturated carbocycles. The number of esters is 1. The highest BCUT2D eigenvalue weighted by atomic mass is 32.1. The third kappa shape index (κ3) is 4.93. The lowest BCUT2D eigenvalue weighted by Gasteiger charge is -2.12. The second-order valence-electron chi connectivity index (χ2n) is 5.17. The highest BCUT2D eigenvalue weighted by Gasteiger charge is 2.25. The van der Waals surface area contributed by atoms with Crippen LogP contribution < -0.4 is 20.4 Å². The SMILES string of the molecule is CCCC(=O)Nc1cccc(OC(C)=O)c1C(=O)Nc1[nH+]cc(N=O)s1. The van der Waals surface area contributed by atoms with Crippen molar-refractivity contribution in [3.8, 4) is 5.75 Å². The van der Waals surface area contributed by atoms with Crippen molar-refractivity contribution in [2.75, 3.05) is 10.6 Å². The van der Waals surface area contributed by atoms with Crippen LogP contribution in [0, 0.1) is 4.91 Å². The number of aromatic amines is 1. The molecule has 0 radical (unpaired) electrons. The molecule has 1 aromatic heterocycles. The normalized spacial score (nSPS) is 10.1. The monoisotopic (exact) mass is 377 g/mol. The summed E-state index contributed by atoms with van der Waals surface area (Å²) in [5.41, 5.74) is 0.208. The Hall–Kier alpha value is -3.14. The molecule has 0 aliphatic rings. The number of hydrogen-bond acceptors (Lipinski definition) is 7. The lowest BCUT2D eigenvalue weighted by molar-refractivity contribution is -0.353. The predicted octanol–water partition coefficient (Wildman–Crippen LogP) is 2.88. The van der Waals surface area contributed by atoms with Gasteiger partial charge in [-0.3, -0.25) is 9.59 Å². The molecule has 0 atom stereocenters. The Morgan fingerprint density at radius 1 is 1.27 bits per heavy atom.